The Labute approximate surface area is 189 Å². The van der Waals surface area contributed by atoms with Gasteiger partial charge in [-0.3, -0.25) is 9.36 Å². The third-order valence-electron chi connectivity index (χ3n) is 5.85. The summed E-state index contributed by atoms with van der Waals surface area (Å²) in [6, 6.07) is 4.93. The maximum atomic E-state index is 13.0. The maximum absolute atomic E-state index is 13.0. The van der Waals surface area contributed by atoms with E-state index in [1.54, 1.807) is 22.9 Å². The van der Waals surface area contributed by atoms with Crippen LogP contribution in [0.4, 0.5) is 11.6 Å². The molecule has 0 atom stereocenters. The Morgan fingerprint density at radius 1 is 1.19 bits per heavy atom. The van der Waals surface area contributed by atoms with Crippen LogP contribution in [0, 0.1) is 13.8 Å². The number of anilines is 2. The van der Waals surface area contributed by atoms with Crippen molar-refractivity contribution in [1.82, 2.24) is 19.3 Å². The second kappa shape index (κ2) is 8.33. The van der Waals surface area contributed by atoms with Gasteiger partial charge in [-0.2, -0.15) is 4.98 Å². The monoisotopic (exact) mass is 505 g/mol. The Bertz CT molecular complexity index is 1330. The van der Waals surface area contributed by atoms with Crippen LogP contribution in [0.25, 0.3) is 11.0 Å². The number of hydrogen-bond acceptors (Lipinski definition) is 6. The first-order chi connectivity index (χ1) is 14.7. The van der Waals surface area contributed by atoms with E-state index >= 15 is 0 Å². The van der Waals surface area contributed by atoms with Crippen molar-refractivity contribution >= 4 is 48.6 Å². The number of nitrogens with zero attached hydrogens (tertiary/aromatic N) is 3. The lowest BCUT2D eigenvalue weighted by molar-refractivity contribution is 0.514. The van der Waals surface area contributed by atoms with Gasteiger partial charge in [-0.15, -0.1) is 0 Å². The predicted octanol–water partition coefficient (Wildman–Crippen LogP) is 3.94. The summed E-state index contributed by atoms with van der Waals surface area (Å²) in [5.74, 6) is 0.354. The Morgan fingerprint density at radius 2 is 1.90 bits per heavy atom. The van der Waals surface area contributed by atoms with Crippen LogP contribution in [0.15, 0.2) is 38.6 Å². The van der Waals surface area contributed by atoms with Gasteiger partial charge >= 0.3 is 0 Å². The molecule has 0 unspecified atom stereocenters. The molecule has 0 aliphatic heterocycles. The fourth-order valence-corrected chi connectivity index (χ4v) is 5.26. The Hall–Kier alpha value is -2.30. The third-order valence-corrected chi connectivity index (χ3v) is 8.20. The zero-order valence-corrected chi connectivity index (χ0v) is 20.0. The lowest BCUT2D eigenvalue weighted by Gasteiger charge is -2.19. The zero-order valence-electron chi connectivity index (χ0n) is 17.6. The SMILES string of the molecule is CNS(=O)(=O)c1ccc(Nc2ncc3c(C)c(Br)c(=O)n(C4CCCC4)c3n2)c(C)c1. The molecular weight excluding hydrogens is 482 g/mol. The second-order valence-electron chi connectivity index (χ2n) is 7.79. The molecule has 31 heavy (non-hydrogen) atoms. The Kier molecular flexibility index (Phi) is 5.89. The van der Waals surface area contributed by atoms with E-state index in [2.05, 4.69) is 31.0 Å². The highest BCUT2D eigenvalue weighted by Crippen LogP contribution is 2.33. The Balaban J connectivity index is 1.79. The number of hydrogen-bond donors (Lipinski definition) is 2. The molecule has 4 rings (SSSR count). The molecule has 0 bridgehead atoms. The largest absolute Gasteiger partial charge is 0.324 e. The number of halogens is 1. The molecule has 2 N–H and O–H groups in total. The molecule has 0 saturated heterocycles. The van der Waals surface area contributed by atoms with Crippen molar-refractivity contribution in [1.29, 1.82) is 0 Å². The van der Waals surface area contributed by atoms with Crippen molar-refractivity contribution in [3.05, 3.63) is 50.3 Å². The molecule has 10 heteroatoms. The van der Waals surface area contributed by atoms with E-state index in [4.69, 9.17) is 4.98 Å². The molecule has 1 aliphatic carbocycles. The molecule has 1 fully saturated rings. The van der Waals surface area contributed by atoms with Crippen molar-refractivity contribution in [3.63, 3.8) is 0 Å². The van der Waals surface area contributed by atoms with Crippen molar-refractivity contribution in [2.45, 2.75) is 50.5 Å². The number of aryl methyl sites for hydroxylation is 2. The van der Waals surface area contributed by atoms with E-state index in [-0.39, 0.29) is 16.5 Å². The lowest BCUT2D eigenvalue weighted by atomic mass is 10.1. The number of rotatable bonds is 5. The predicted molar refractivity (Wildman–Crippen MR) is 124 cm³/mol. The quantitative estimate of drug-likeness (QED) is 0.543. The number of nitrogens with one attached hydrogen (secondary N) is 2. The highest BCUT2D eigenvalue weighted by molar-refractivity contribution is 9.10. The van der Waals surface area contributed by atoms with E-state index < -0.39 is 10.0 Å². The summed E-state index contributed by atoms with van der Waals surface area (Å²) < 4.78 is 28.7. The van der Waals surface area contributed by atoms with Crippen molar-refractivity contribution in [2.24, 2.45) is 0 Å². The van der Waals surface area contributed by atoms with E-state index in [0.717, 1.165) is 42.2 Å². The van der Waals surface area contributed by atoms with Gasteiger partial charge in [-0.1, -0.05) is 12.8 Å². The molecule has 1 aromatic carbocycles. The summed E-state index contributed by atoms with van der Waals surface area (Å²) in [6.07, 6.45) is 5.84. The van der Waals surface area contributed by atoms with Gasteiger partial charge in [0, 0.05) is 23.3 Å². The third kappa shape index (κ3) is 3.99. The standard InChI is InChI=1S/C21H24BrN5O3S/c1-12-10-15(31(29,30)23-3)8-9-17(12)25-21-24-11-16-13(2)18(22)20(28)27(19(16)26-21)14-6-4-5-7-14/h8-11,14,23H,4-7H2,1-3H3,(H,24,25,26). The number of aromatic nitrogens is 3. The van der Waals surface area contributed by atoms with Crippen LogP contribution < -0.4 is 15.6 Å². The topological polar surface area (TPSA) is 106 Å². The molecule has 0 spiro atoms. The average Bonchev–Trinajstić information content (AvgIpc) is 3.28. The minimum Gasteiger partial charge on any atom is -0.324 e. The molecular formula is C21H24BrN5O3S. The van der Waals surface area contributed by atoms with Gasteiger partial charge in [-0.05, 0) is 79.0 Å². The van der Waals surface area contributed by atoms with Gasteiger partial charge < -0.3 is 5.32 Å². The molecule has 164 valence electrons. The molecule has 1 saturated carbocycles. The second-order valence-corrected chi connectivity index (χ2v) is 10.5. The minimum absolute atomic E-state index is 0.0700. The molecule has 2 aromatic heterocycles. The van der Waals surface area contributed by atoms with Crippen molar-refractivity contribution in [3.8, 4) is 0 Å². The zero-order chi connectivity index (χ0) is 22.3. The number of sulfonamides is 1. The first kappa shape index (κ1) is 21.9. The summed E-state index contributed by atoms with van der Waals surface area (Å²) in [5, 5.41) is 4.00. The van der Waals surface area contributed by atoms with E-state index in [1.807, 2.05) is 13.8 Å². The number of fused-ring (bicyclic) bond motifs is 1. The van der Waals surface area contributed by atoms with Gasteiger partial charge in [0.25, 0.3) is 5.56 Å². The van der Waals surface area contributed by atoms with E-state index in [9.17, 15) is 13.2 Å². The van der Waals surface area contributed by atoms with Crippen LogP contribution in [0.3, 0.4) is 0 Å². The minimum atomic E-state index is -3.52. The molecule has 8 nitrogen and oxygen atoms in total. The van der Waals surface area contributed by atoms with Crippen LogP contribution in [0.1, 0.15) is 42.9 Å². The summed E-state index contributed by atoms with van der Waals surface area (Å²) in [5.41, 5.74) is 2.79. The van der Waals surface area contributed by atoms with E-state index in [1.165, 1.54) is 13.1 Å². The number of benzene rings is 1. The van der Waals surface area contributed by atoms with Gasteiger partial charge in [0.05, 0.1) is 9.37 Å². The molecule has 1 aliphatic rings. The first-order valence-corrected chi connectivity index (χ1v) is 12.4. The fourth-order valence-electron chi connectivity index (χ4n) is 4.04. The van der Waals surface area contributed by atoms with E-state index in [0.29, 0.717) is 21.8 Å². The molecule has 0 amide bonds. The van der Waals surface area contributed by atoms with Gasteiger partial charge in [0.15, 0.2) is 0 Å². The van der Waals surface area contributed by atoms with Crippen LogP contribution in [-0.2, 0) is 10.0 Å². The fraction of sp³-hybridized carbons (Fsp3) is 0.381. The molecule has 3 aromatic rings. The molecule has 0 radical (unpaired) electrons. The summed E-state index contributed by atoms with van der Waals surface area (Å²) in [7, 11) is -2.14. The Morgan fingerprint density at radius 3 is 2.55 bits per heavy atom. The average molecular weight is 506 g/mol. The van der Waals surface area contributed by atoms with Gasteiger partial charge in [0.1, 0.15) is 5.65 Å². The maximum Gasteiger partial charge on any atom is 0.267 e. The van der Waals surface area contributed by atoms with Crippen molar-refractivity contribution < 1.29 is 8.42 Å². The van der Waals surface area contributed by atoms with Crippen LogP contribution in [0.2, 0.25) is 0 Å². The summed E-state index contributed by atoms with van der Waals surface area (Å²) >= 11 is 3.45. The highest BCUT2D eigenvalue weighted by atomic mass is 79.9. The summed E-state index contributed by atoms with van der Waals surface area (Å²) in [6.45, 7) is 3.70. The lowest BCUT2D eigenvalue weighted by Crippen LogP contribution is -2.26. The van der Waals surface area contributed by atoms with Crippen LogP contribution >= 0.6 is 15.9 Å². The van der Waals surface area contributed by atoms with Gasteiger partial charge in [0.2, 0.25) is 16.0 Å². The summed E-state index contributed by atoms with van der Waals surface area (Å²) in [4.78, 5) is 22.4. The van der Waals surface area contributed by atoms with Crippen molar-refractivity contribution in [2.75, 3.05) is 12.4 Å². The first-order valence-electron chi connectivity index (χ1n) is 10.1. The normalized spacial score (nSPS) is 15.0. The van der Waals surface area contributed by atoms with Crippen LogP contribution in [0.5, 0.6) is 0 Å². The van der Waals surface area contributed by atoms with Gasteiger partial charge in [-0.25, -0.2) is 18.1 Å². The highest BCUT2D eigenvalue weighted by Gasteiger charge is 2.24. The number of pyridine rings is 1. The van der Waals surface area contributed by atoms with Crippen LogP contribution in [-0.4, -0.2) is 30.0 Å². The smallest absolute Gasteiger partial charge is 0.267 e. The molecule has 2 heterocycles.